The fourth-order valence-corrected chi connectivity index (χ4v) is 1.99. The Kier molecular flexibility index (Phi) is 11.5. The number of rotatable bonds is 4. The second kappa shape index (κ2) is 10.9. The summed E-state index contributed by atoms with van der Waals surface area (Å²) >= 11 is 5.06. The van der Waals surface area contributed by atoms with Crippen molar-refractivity contribution in [3.8, 4) is 11.1 Å². The first-order chi connectivity index (χ1) is 9.06. The third kappa shape index (κ3) is 7.09. The molecule has 0 amide bonds. The molecule has 0 bridgehead atoms. The summed E-state index contributed by atoms with van der Waals surface area (Å²) in [5.41, 5.74) is 2.92. The molecule has 98 valence electrons. The van der Waals surface area contributed by atoms with E-state index < -0.39 is 5.97 Å². The molecule has 2 rings (SSSR count). The number of carboxylic acid groups (broad SMARTS) is 1. The van der Waals surface area contributed by atoms with Crippen LogP contribution in [0.25, 0.3) is 11.1 Å². The van der Waals surface area contributed by atoms with E-state index in [0.717, 1.165) is 21.7 Å². The van der Waals surface area contributed by atoms with Gasteiger partial charge in [0.15, 0.2) is 0 Å². The van der Waals surface area contributed by atoms with Crippen LogP contribution in [0.15, 0.2) is 53.4 Å². The molecule has 0 fully saturated rings. The molecule has 0 aliphatic heterocycles. The van der Waals surface area contributed by atoms with Crippen molar-refractivity contribution in [2.24, 2.45) is 0 Å². The van der Waals surface area contributed by atoms with Gasteiger partial charge in [-0.1, -0.05) is 36.4 Å². The van der Waals surface area contributed by atoms with Crippen LogP contribution in [-0.4, -0.2) is 19.6 Å². The normalized spacial score (nSPS) is 9.19. The molecule has 0 aliphatic carbocycles. The SMILES string of the molecule is CN(CC(=O)[O-])c1cccc(-c2ccc([S-])cc2)c1.[K+].[K+]. The number of nitrogens with zero attached hydrogens (tertiary/aromatic N) is 1. The summed E-state index contributed by atoms with van der Waals surface area (Å²) in [4.78, 5) is 13.1. The maximum Gasteiger partial charge on any atom is 1.00 e. The Balaban J connectivity index is 0.00000200. The van der Waals surface area contributed by atoms with E-state index >= 15 is 0 Å². The van der Waals surface area contributed by atoms with E-state index in [1.807, 2.05) is 48.5 Å². The smallest absolute Gasteiger partial charge is 0.780 e. The molecular formula is C15H13K2NO2S. The van der Waals surface area contributed by atoms with Gasteiger partial charge in [0.25, 0.3) is 0 Å². The number of likely N-dealkylation sites (N-methyl/N-ethyl adjacent to an activating group) is 1. The van der Waals surface area contributed by atoms with Crippen LogP contribution in [0.5, 0.6) is 0 Å². The van der Waals surface area contributed by atoms with E-state index in [0.29, 0.717) is 0 Å². The summed E-state index contributed by atoms with van der Waals surface area (Å²) in [6.07, 6.45) is 0. The van der Waals surface area contributed by atoms with Gasteiger partial charge in [0.05, 0.1) is 12.5 Å². The van der Waals surface area contributed by atoms with Crippen LogP contribution in [0.3, 0.4) is 0 Å². The van der Waals surface area contributed by atoms with Crippen molar-refractivity contribution < 1.29 is 113 Å². The third-order valence-corrected chi connectivity index (χ3v) is 3.11. The van der Waals surface area contributed by atoms with Gasteiger partial charge in [0.1, 0.15) is 0 Å². The second-order valence-corrected chi connectivity index (χ2v) is 4.77. The van der Waals surface area contributed by atoms with Gasteiger partial charge in [-0.25, -0.2) is 0 Å². The van der Waals surface area contributed by atoms with E-state index in [9.17, 15) is 9.90 Å². The average Bonchev–Trinajstić information content (AvgIpc) is 2.39. The number of benzene rings is 2. The minimum absolute atomic E-state index is 0. The molecule has 2 aromatic rings. The molecule has 0 atom stereocenters. The zero-order valence-electron chi connectivity index (χ0n) is 12.5. The summed E-state index contributed by atoms with van der Waals surface area (Å²) < 4.78 is 0. The van der Waals surface area contributed by atoms with Crippen molar-refractivity contribution in [1.82, 2.24) is 0 Å². The zero-order valence-corrected chi connectivity index (χ0v) is 19.6. The standard InChI is InChI=1S/C15H15NO2S.2K/c1-16(10-15(17)18)13-4-2-3-12(9-13)11-5-7-14(19)8-6-11;;/h2-9,19H,10H2,1H3,(H,17,18);;/q;2*+1/p-2. The number of carbonyl (C=O) groups is 1. The fourth-order valence-electron chi connectivity index (χ4n) is 1.86. The molecular weight excluding hydrogens is 336 g/mol. The summed E-state index contributed by atoms with van der Waals surface area (Å²) in [5, 5.41) is 10.6. The van der Waals surface area contributed by atoms with Crippen LogP contribution in [0, 0.1) is 0 Å². The number of carbonyl (C=O) groups excluding carboxylic acids is 1. The molecule has 0 radical (unpaired) electrons. The van der Waals surface area contributed by atoms with Gasteiger partial charge in [-0.15, -0.1) is 0 Å². The quantitative estimate of drug-likeness (QED) is 0.412. The molecule has 21 heavy (non-hydrogen) atoms. The minimum Gasteiger partial charge on any atom is -0.780 e. The topological polar surface area (TPSA) is 43.4 Å². The van der Waals surface area contributed by atoms with Crippen molar-refractivity contribution in [2.75, 3.05) is 18.5 Å². The van der Waals surface area contributed by atoms with Crippen LogP contribution < -0.4 is 113 Å². The Bertz CT molecular complexity index is 590. The molecule has 0 heterocycles. The van der Waals surface area contributed by atoms with Crippen LogP contribution >= 0.6 is 0 Å². The van der Waals surface area contributed by atoms with E-state index in [1.165, 1.54) is 0 Å². The number of hydrogen-bond donors (Lipinski definition) is 0. The van der Waals surface area contributed by atoms with Gasteiger partial charge in [0, 0.05) is 12.7 Å². The Labute approximate surface area is 215 Å². The first kappa shape index (κ1) is 22.2. The van der Waals surface area contributed by atoms with Crippen molar-refractivity contribution >= 4 is 24.3 Å². The van der Waals surface area contributed by atoms with E-state index in [4.69, 9.17) is 12.6 Å². The zero-order chi connectivity index (χ0) is 13.8. The Hall–Kier alpha value is 1.20. The number of carboxylic acids is 1. The number of hydrogen-bond acceptors (Lipinski definition) is 4. The molecule has 0 aliphatic rings. The molecule has 0 aromatic heterocycles. The second-order valence-electron chi connectivity index (χ2n) is 4.30. The van der Waals surface area contributed by atoms with Gasteiger partial charge in [0.2, 0.25) is 0 Å². The van der Waals surface area contributed by atoms with Crippen molar-refractivity contribution in [3.63, 3.8) is 0 Å². The van der Waals surface area contributed by atoms with Gasteiger partial charge < -0.3 is 27.4 Å². The largest absolute Gasteiger partial charge is 1.00 e. The number of aliphatic carboxylic acids is 1. The van der Waals surface area contributed by atoms with E-state index in [-0.39, 0.29) is 109 Å². The van der Waals surface area contributed by atoms with Crippen molar-refractivity contribution in [1.29, 1.82) is 0 Å². The Morgan fingerprint density at radius 1 is 1.10 bits per heavy atom. The monoisotopic (exact) mass is 349 g/mol. The molecule has 0 saturated carbocycles. The molecule has 0 spiro atoms. The summed E-state index contributed by atoms with van der Waals surface area (Å²) in [6.45, 7) is -0.130. The summed E-state index contributed by atoms with van der Waals surface area (Å²) in [6, 6.07) is 15.4. The van der Waals surface area contributed by atoms with Crippen LogP contribution in [-0.2, 0) is 17.4 Å². The third-order valence-electron chi connectivity index (χ3n) is 2.84. The van der Waals surface area contributed by atoms with E-state index in [2.05, 4.69) is 0 Å². The average molecular weight is 350 g/mol. The van der Waals surface area contributed by atoms with Crippen LogP contribution in [0.1, 0.15) is 0 Å². The van der Waals surface area contributed by atoms with Gasteiger partial charge >= 0.3 is 103 Å². The Morgan fingerprint density at radius 2 is 1.71 bits per heavy atom. The van der Waals surface area contributed by atoms with Gasteiger partial charge in [-0.3, -0.25) is 0 Å². The molecule has 6 heteroatoms. The van der Waals surface area contributed by atoms with Gasteiger partial charge in [-0.2, -0.15) is 4.90 Å². The summed E-state index contributed by atoms with van der Waals surface area (Å²) in [5.74, 6) is -1.09. The van der Waals surface area contributed by atoms with Crippen molar-refractivity contribution in [2.45, 2.75) is 4.90 Å². The molecule has 2 aromatic carbocycles. The molecule has 0 saturated heterocycles. The maximum absolute atomic E-state index is 10.6. The Morgan fingerprint density at radius 3 is 2.29 bits per heavy atom. The maximum atomic E-state index is 10.6. The first-order valence-electron chi connectivity index (χ1n) is 5.85. The molecule has 3 nitrogen and oxygen atoms in total. The first-order valence-corrected chi connectivity index (χ1v) is 6.25. The molecule has 0 unspecified atom stereocenters. The predicted octanol–water partition coefficient (Wildman–Crippen LogP) is -4.55. The van der Waals surface area contributed by atoms with Crippen molar-refractivity contribution in [3.05, 3.63) is 48.5 Å². The summed E-state index contributed by atoms with van der Waals surface area (Å²) in [7, 11) is 1.72. The fraction of sp³-hybridized carbons (Fsp3) is 0.133. The molecule has 0 N–H and O–H groups in total. The van der Waals surface area contributed by atoms with Crippen LogP contribution in [0.4, 0.5) is 5.69 Å². The number of anilines is 1. The van der Waals surface area contributed by atoms with Crippen LogP contribution in [0.2, 0.25) is 0 Å². The predicted molar refractivity (Wildman–Crippen MR) is 75.8 cm³/mol. The van der Waals surface area contributed by atoms with Gasteiger partial charge in [-0.05, 0) is 23.3 Å². The van der Waals surface area contributed by atoms with E-state index in [1.54, 1.807) is 11.9 Å². The minimum atomic E-state index is -1.09.